The van der Waals surface area contributed by atoms with Gasteiger partial charge < -0.3 is 9.13 Å². The molecule has 6 nitrogen and oxygen atoms in total. The second-order valence-corrected chi connectivity index (χ2v) is 6.27. The van der Waals surface area contributed by atoms with Crippen LogP contribution in [0.5, 0.6) is 0 Å². The van der Waals surface area contributed by atoms with Crippen LogP contribution < -0.4 is 0 Å². The zero-order valence-electron chi connectivity index (χ0n) is 14.5. The first-order valence-electron chi connectivity index (χ1n) is 8.31. The van der Waals surface area contributed by atoms with E-state index in [2.05, 4.69) is 26.4 Å². The summed E-state index contributed by atoms with van der Waals surface area (Å²) >= 11 is 6.05. The Labute approximate surface area is 166 Å². The van der Waals surface area contributed by atoms with Crippen LogP contribution in [0.15, 0.2) is 42.7 Å². The molecule has 0 N–H and O–H groups in total. The van der Waals surface area contributed by atoms with Crippen LogP contribution in [0.2, 0.25) is 5.15 Å². The van der Waals surface area contributed by atoms with E-state index in [9.17, 15) is 4.39 Å². The lowest BCUT2D eigenvalue weighted by molar-refractivity contribution is 0.583. The second kappa shape index (κ2) is 8.02. The number of fused-ring (bicyclic) bond motifs is 1. The number of pyridine rings is 2. The fraction of sp³-hybridized carbons (Fsp3) is 0.222. The van der Waals surface area contributed by atoms with E-state index >= 15 is 0 Å². The molecule has 0 saturated heterocycles. The molecule has 4 heterocycles. The smallest absolute Gasteiger partial charge is 0.213 e. The minimum atomic E-state index is -0.533. The van der Waals surface area contributed by atoms with Crippen molar-refractivity contribution in [2.24, 2.45) is 0 Å². The highest BCUT2D eigenvalue weighted by Gasteiger charge is 2.15. The molecule has 4 aromatic rings. The van der Waals surface area contributed by atoms with Crippen molar-refractivity contribution < 1.29 is 4.39 Å². The average Bonchev–Trinajstić information content (AvgIpc) is 3.21. The monoisotopic (exact) mass is 406 g/mol. The van der Waals surface area contributed by atoms with Gasteiger partial charge in [0, 0.05) is 18.9 Å². The first-order chi connectivity index (χ1) is 12.7. The molecule has 0 aliphatic heterocycles. The average molecular weight is 407 g/mol. The normalized spacial score (nSPS) is 10.9. The predicted octanol–water partition coefficient (Wildman–Crippen LogP) is 4.36. The maximum absolute atomic E-state index is 13.5. The summed E-state index contributed by atoms with van der Waals surface area (Å²) in [5.74, 6) is 0.895. The van der Waals surface area contributed by atoms with Crippen LogP contribution in [0, 0.1) is 5.95 Å². The van der Waals surface area contributed by atoms with Gasteiger partial charge in [0.15, 0.2) is 11.5 Å². The van der Waals surface area contributed by atoms with Gasteiger partial charge in [0.2, 0.25) is 5.95 Å². The maximum atomic E-state index is 13.5. The lowest BCUT2D eigenvalue weighted by Crippen LogP contribution is -2.10. The summed E-state index contributed by atoms with van der Waals surface area (Å²) in [6, 6.07) is 8.26. The summed E-state index contributed by atoms with van der Waals surface area (Å²) in [6.45, 7) is 3.35. The lowest BCUT2D eigenvalue weighted by atomic mass is 10.3. The Balaban J connectivity index is 0.00000210. The Morgan fingerprint density at radius 1 is 1.11 bits per heavy atom. The molecule has 0 saturated carbocycles. The van der Waals surface area contributed by atoms with Gasteiger partial charge in [0.25, 0.3) is 0 Å². The zero-order valence-corrected chi connectivity index (χ0v) is 16.1. The van der Waals surface area contributed by atoms with Gasteiger partial charge >= 0.3 is 0 Å². The number of aromatic nitrogens is 6. The Morgan fingerprint density at radius 3 is 2.74 bits per heavy atom. The molecule has 0 fully saturated rings. The quantitative estimate of drug-likeness (QED) is 0.461. The van der Waals surface area contributed by atoms with Crippen LogP contribution in [-0.4, -0.2) is 29.1 Å². The number of imidazole rings is 2. The molecule has 0 unspecified atom stereocenters. The molecule has 0 aromatic carbocycles. The molecule has 0 atom stereocenters. The van der Waals surface area contributed by atoms with Crippen LogP contribution in [0.4, 0.5) is 4.39 Å². The number of nitrogens with zero attached hydrogens (tertiary/aromatic N) is 6. The minimum Gasteiger partial charge on any atom is -0.322 e. The van der Waals surface area contributed by atoms with Crippen LogP contribution in [0.1, 0.15) is 19.2 Å². The van der Waals surface area contributed by atoms with Crippen molar-refractivity contribution in [3.05, 3.63) is 59.7 Å². The highest BCUT2D eigenvalue weighted by atomic mass is 35.5. The van der Waals surface area contributed by atoms with Crippen molar-refractivity contribution in [3.63, 3.8) is 0 Å². The van der Waals surface area contributed by atoms with Gasteiger partial charge in [-0.05, 0) is 30.7 Å². The summed E-state index contributed by atoms with van der Waals surface area (Å²) in [6.07, 6.45) is 4.44. The highest BCUT2D eigenvalue weighted by Crippen LogP contribution is 2.21. The standard InChI is InChI=1S/C18H16ClFN6.ClH/c1-2-9-26-16(23-13-6-7-14(19)24-18(13)26)11-25-10-8-21-17(25)12-4-3-5-15(20)22-12;/h3-8,10H,2,9,11H2,1H3;1H. The number of hydrogen-bond acceptors (Lipinski definition) is 4. The topological polar surface area (TPSA) is 61.4 Å². The number of halogens is 3. The van der Waals surface area contributed by atoms with Crippen molar-refractivity contribution in [2.75, 3.05) is 0 Å². The SMILES string of the molecule is CCCn1c(Cn2ccnc2-c2cccc(F)n2)nc2ccc(Cl)nc21.Cl. The van der Waals surface area contributed by atoms with Crippen molar-refractivity contribution in [3.8, 4) is 11.5 Å². The summed E-state index contributed by atoms with van der Waals surface area (Å²) < 4.78 is 17.4. The number of hydrogen-bond donors (Lipinski definition) is 0. The van der Waals surface area contributed by atoms with Crippen LogP contribution in [0.25, 0.3) is 22.7 Å². The molecule has 0 aliphatic carbocycles. The van der Waals surface area contributed by atoms with E-state index in [1.54, 1.807) is 24.4 Å². The summed E-state index contributed by atoms with van der Waals surface area (Å²) in [5.41, 5.74) is 2.04. The summed E-state index contributed by atoms with van der Waals surface area (Å²) in [5, 5.41) is 0.439. The third-order valence-electron chi connectivity index (χ3n) is 4.06. The van der Waals surface area contributed by atoms with Crippen molar-refractivity contribution in [2.45, 2.75) is 26.4 Å². The molecule has 27 heavy (non-hydrogen) atoms. The molecule has 0 spiro atoms. The van der Waals surface area contributed by atoms with Gasteiger partial charge in [-0.2, -0.15) is 4.39 Å². The van der Waals surface area contributed by atoms with E-state index in [1.807, 2.05) is 16.8 Å². The molecule has 4 rings (SSSR count). The zero-order chi connectivity index (χ0) is 18.1. The Hall–Kier alpha value is -2.51. The van der Waals surface area contributed by atoms with Crippen LogP contribution >= 0.6 is 24.0 Å². The lowest BCUT2D eigenvalue weighted by Gasteiger charge is -2.10. The Bertz CT molecular complexity index is 1070. The van der Waals surface area contributed by atoms with Gasteiger partial charge in [-0.3, -0.25) is 0 Å². The highest BCUT2D eigenvalue weighted by molar-refractivity contribution is 6.29. The Kier molecular flexibility index (Phi) is 5.72. The fourth-order valence-electron chi connectivity index (χ4n) is 2.96. The third kappa shape index (κ3) is 3.79. The minimum absolute atomic E-state index is 0. The number of rotatable bonds is 5. The summed E-state index contributed by atoms with van der Waals surface area (Å²) in [7, 11) is 0. The fourth-order valence-corrected chi connectivity index (χ4v) is 3.10. The molecule has 140 valence electrons. The van der Waals surface area contributed by atoms with E-state index in [1.165, 1.54) is 6.07 Å². The molecule has 0 aliphatic rings. The largest absolute Gasteiger partial charge is 0.322 e. The van der Waals surface area contributed by atoms with Gasteiger partial charge in [-0.1, -0.05) is 24.6 Å². The van der Waals surface area contributed by atoms with Crippen LogP contribution in [-0.2, 0) is 13.1 Å². The molecule has 0 amide bonds. The summed E-state index contributed by atoms with van der Waals surface area (Å²) in [4.78, 5) is 17.4. The van der Waals surface area contributed by atoms with Crippen molar-refractivity contribution >= 4 is 35.2 Å². The van der Waals surface area contributed by atoms with Crippen molar-refractivity contribution in [1.82, 2.24) is 29.1 Å². The first kappa shape index (κ1) is 19.3. The second-order valence-electron chi connectivity index (χ2n) is 5.88. The van der Waals surface area contributed by atoms with Gasteiger partial charge in [-0.25, -0.2) is 19.9 Å². The van der Waals surface area contributed by atoms with Crippen molar-refractivity contribution in [1.29, 1.82) is 0 Å². The predicted molar refractivity (Wildman–Crippen MR) is 105 cm³/mol. The van der Waals surface area contributed by atoms with Gasteiger partial charge in [-0.15, -0.1) is 12.4 Å². The molecule has 0 radical (unpaired) electrons. The van der Waals surface area contributed by atoms with Gasteiger partial charge in [0.05, 0.1) is 6.54 Å². The van der Waals surface area contributed by atoms with E-state index in [-0.39, 0.29) is 12.4 Å². The maximum Gasteiger partial charge on any atom is 0.213 e. The molecular weight excluding hydrogens is 390 g/mol. The van der Waals surface area contributed by atoms with Gasteiger partial charge in [0.1, 0.15) is 22.2 Å². The molecule has 9 heteroatoms. The Morgan fingerprint density at radius 2 is 1.96 bits per heavy atom. The number of aryl methyl sites for hydroxylation is 1. The first-order valence-corrected chi connectivity index (χ1v) is 8.69. The molecular formula is C18H17Cl2FN6. The molecule has 0 bridgehead atoms. The van der Waals surface area contributed by atoms with E-state index in [0.29, 0.717) is 23.2 Å². The van der Waals surface area contributed by atoms with Crippen LogP contribution in [0.3, 0.4) is 0 Å². The van der Waals surface area contributed by atoms with E-state index in [4.69, 9.17) is 16.6 Å². The van der Waals surface area contributed by atoms with E-state index in [0.717, 1.165) is 30.0 Å². The van der Waals surface area contributed by atoms with E-state index < -0.39 is 5.95 Å². The molecule has 4 aromatic heterocycles. The third-order valence-corrected chi connectivity index (χ3v) is 4.27.